The van der Waals surface area contributed by atoms with Crippen molar-refractivity contribution in [1.29, 1.82) is 0 Å². The summed E-state index contributed by atoms with van der Waals surface area (Å²) in [5.41, 5.74) is 2.07. The van der Waals surface area contributed by atoms with Crippen molar-refractivity contribution >= 4 is 23.4 Å². The summed E-state index contributed by atoms with van der Waals surface area (Å²) in [6, 6.07) is 11.3. The van der Waals surface area contributed by atoms with Gasteiger partial charge in [-0.3, -0.25) is 14.4 Å². The van der Waals surface area contributed by atoms with Gasteiger partial charge in [0.25, 0.3) is 5.91 Å². The van der Waals surface area contributed by atoms with Crippen LogP contribution in [0.4, 0.5) is 10.1 Å². The first kappa shape index (κ1) is 18.6. The maximum atomic E-state index is 13.9. The van der Waals surface area contributed by atoms with Gasteiger partial charge in [0.1, 0.15) is 5.82 Å². The highest BCUT2D eigenvalue weighted by Crippen LogP contribution is 2.17. The number of anilines is 1. The van der Waals surface area contributed by atoms with Gasteiger partial charge in [0.05, 0.1) is 5.69 Å². The summed E-state index contributed by atoms with van der Waals surface area (Å²) in [6.07, 6.45) is 0. The zero-order valence-electron chi connectivity index (χ0n) is 15.2. The number of benzene rings is 2. The molecule has 1 aliphatic rings. The predicted molar refractivity (Wildman–Crippen MR) is 98.6 cm³/mol. The zero-order valence-corrected chi connectivity index (χ0v) is 15.2. The third-order valence-corrected chi connectivity index (χ3v) is 4.48. The molecule has 3 rings (SSSR count). The van der Waals surface area contributed by atoms with Crippen LogP contribution in [0, 0.1) is 12.7 Å². The molecule has 7 heteroatoms. The van der Waals surface area contributed by atoms with Crippen LogP contribution in [0.3, 0.4) is 0 Å². The SMILES string of the molecule is Cc1ccc(NC(=O)c2ccc(CN3CCN(C)C(=O)C3=O)cc2)c(F)c1. The maximum absolute atomic E-state index is 13.9. The molecule has 27 heavy (non-hydrogen) atoms. The average molecular weight is 369 g/mol. The quantitative estimate of drug-likeness (QED) is 0.840. The Morgan fingerprint density at radius 1 is 1.07 bits per heavy atom. The smallest absolute Gasteiger partial charge is 0.312 e. The summed E-state index contributed by atoms with van der Waals surface area (Å²) in [5.74, 6) is -1.95. The Kier molecular flexibility index (Phi) is 5.21. The van der Waals surface area contributed by atoms with E-state index in [9.17, 15) is 18.8 Å². The first-order valence-corrected chi connectivity index (χ1v) is 8.56. The second kappa shape index (κ2) is 7.57. The number of piperazine rings is 1. The lowest BCUT2D eigenvalue weighted by Crippen LogP contribution is -2.52. The number of nitrogens with one attached hydrogen (secondary N) is 1. The van der Waals surface area contributed by atoms with Crippen molar-refractivity contribution in [3.05, 3.63) is 65.0 Å². The Bertz CT molecular complexity index is 896. The van der Waals surface area contributed by atoms with Crippen molar-refractivity contribution in [3.8, 4) is 0 Å². The average Bonchev–Trinajstić information content (AvgIpc) is 2.65. The molecular weight excluding hydrogens is 349 g/mol. The van der Waals surface area contributed by atoms with Crippen molar-refractivity contribution in [2.24, 2.45) is 0 Å². The summed E-state index contributed by atoms with van der Waals surface area (Å²) in [6.45, 7) is 3.03. The van der Waals surface area contributed by atoms with E-state index in [-0.39, 0.29) is 5.69 Å². The van der Waals surface area contributed by atoms with Gasteiger partial charge in [-0.1, -0.05) is 18.2 Å². The van der Waals surface area contributed by atoms with Gasteiger partial charge in [0.15, 0.2) is 0 Å². The highest BCUT2D eigenvalue weighted by atomic mass is 19.1. The zero-order chi connectivity index (χ0) is 19.6. The number of carbonyl (C=O) groups is 3. The van der Waals surface area contributed by atoms with Gasteiger partial charge in [0, 0.05) is 32.2 Å². The van der Waals surface area contributed by atoms with E-state index in [0.29, 0.717) is 25.2 Å². The van der Waals surface area contributed by atoms with Gasteiger partial charge < -0.3 is 15.1 Å². The molecule has 2 aromatic carbocycles. The number of amides is 3. The normalized spacial score (nSPS) is 14.5. The summed E-state index contributed by atoms with van der Waals surface area (Å²) < 4.78 is 13.9. The van der Waals surface area contributed by atoms with Crippen LogP contribution in [0.2, 0.25) is 0 Å². The lowest BCUT2D eigenvalue weighted by Gasteiger charge is -2.31. The molecule has 1 fully saturated rings. The molecule has 1 N–H and O–H groups in total. The third-order valence-electron chi connectivity index (χ3n) is 4.48. The van der Waals surface area contributed by atoms with Crippen molar-refractivity contribution in [1.82, 2.24) is 9.80 Å². The lowest BCUT2D eigenvalue weighted by molar-refractivity contribution is -0.155. The molecule has 2 aromatic rings. The summed E-state index contributed by atoms with van der Waals surface area (Å²) >= 11 is 0. The first-order chi connectivity index (χ1) is 12.8. The molecule has 0 unspecified atom stereocenters. The van der Waals surface area contributed by atoms with Crippen molar-refractivity contribution < 1.29 is 18.8 Å². The Morgan fingerprint density at radius 2 is 1.78 bits per heavy atom. The Labute approximate surface area is 156 Å². The number of hydrogen-bond donors (Lipinski definition) is 1. The van der Waals surface area contributed by atoms with E-state index in [2.05, 4.69) is 5.32 Å². The Hall–Kier alpha value is -3.22. The summed E-state index contributed by atoms with van der Waals surface area (Å²) in [7, 11) is 1.60. The minimum absolute atomic E-state index is 0.122. The molecule has 0 bridgehead atoms. The van der Waals surface area contributed by atoms with Crippen LogP contribution in [-0.4, -0.2) is 47.7 Å². The summed E-state index contributed by atoms with van der Waals surface area (Å²) in [5, 5.41) is 2.54. The second-order valence-corrected chi connectivity index (χ2v) is 6.59. The molecule has 0 aromatic heterocycles. The molecule has 0 aliphatic carbocycles. The van der Waals surface area contributed by atoms with Gasteiger partial charge >= 0.3 is 11.8 Å². The molecule has 0 atom stereocenters. The maximum Gasteiger partial charge on any atom is 0.312 e. The van der Waals surface area contributed by atoms with Gasteiger partial charge in [-0.05, 0) is 42.3 Å². The van der Waals surface area contributed by atoms with E-state index >= 15 is 0 Å². The molecule has 0 radical (unpaired) electrons. The van der Waals surface area contributed by atoms with Crippen molar-refractivity contribution in [3.63, 3.8) is 0 Å². The molecule has 140 valence electrons. The molecule has 1 saturated heterocycles. The molecule has 1 heterocycles. The molecule has 0 spiro atoms. The number of nitrogens with zero attached hydrogens (tertiary/aromatic N) is 2. The number of carbonyl (C=O) groups excluding carboxylic acids is 3. The van der Waals surface area contributed by atoms with Gasteiger partial charge in [-0.15, -0.1) is 0 Å². The van der Waals surface area contributed by atoms with E-state index in [4.69, 9.17) is 0 Å². The van der Waals surface area contributed by atoms with Crippen LogP contribution < -0.4 is 5.32 Å². The largest absolute Gasteiger partial charge is 0.336 e. The Morgan fingerprint density at radius 3 is 2.44 bits per heavy atom. The number of halogens is 1. The molecule has 0 saturated carbocycles. The van der Waals surface area contributed by atoms with Crippen molar-refractivity contribution in [2.75, 3.05) is 25.5 Å². The minimum atomic E-state index is -0.527. The van der Waals surface area contributed by atoms with Crippen LogP contribution >= 0.6 is 0 Å². The molecule has 3 amide bonds. The van der Waals surface area contributed by atoms with Gasteiger partial charge in [-0.25, -0.2) is 4.39 Å². The molecule has 1 aliphatic heterocycles. The van der Waals surface area contributed by atoms with E-state index in [0.717, 1.165) is 11.1 Å². The van der Waals surface area contributed by atoms with Gasteiger partial charge in [0.2, 0.25) is 0 Å². The standard InChI is InChI=1S/C20H20FN3O3/c1-13-3-8-17(16(21)11-13)22-18(25)15-6-4-14(5-7-15)12-24-10-9-23(2)19(26)20(24)27/h3-8,11H,9-10,12H2,1-2H3,(H,22,25). The predicted octanol–water partition coefficient (Wildman–Crippen LogP) is 2.19. The van der Waals surface area contributed by atoms with E-state index < -0.39 is 23.5 Å². The monoisotopic (exact) mass is 369 g/mol. The first-order valence-electron chi connectivity index (χ1n) is 8.56. The fourth-order valence-electron chi connectivity index (χ4n) is 2.82. The summed E-state index contributed by atoms with van der Waals surface area (Å²) in [4.78, 5) is 38.9. The van der Waals surface area contributed by atoms with Crippen LogP contribution in [0.5, 0.6) is 0 Å². The lowest BCUT2D eigenvalue weighted by atomic mass is 10.1. The van der Waals surface area contributed by atoms with Crippen LogP contribution in [0.1, 0.15) is 21.5 Å². The minimum Gasteiger partial charge on any atom is -0.336 e. The fraction of sp³-hybridized carbons (Fsp3) is 0.250. The van der Waals surface area contributed by atoms with Crippen molar-refractivity contribution in [2.45, 2.75) is 13.5 Å². The number of aryl methyl sites for hydroxylation is 1. The highest BCUT2D eigenvalue weighted by molar-refractivity contribution is 6.35. The van der Waals surface area contributed by atoms with Gasteiger partial charge in [-0.2, -0.15) is 0 Å². The number of rotatable bonds is 4. The van der Waals surface area contributed by atoms with Crippen LogP contribution in [0.15, 0.2) is 42.5 Å². The number of likely N-dealkylation sites (N-methyl/N-ethyl adjacent to an activating group) is 1. The third kappa shape index (κ3) is 4.13. The van der Waals surface area contributed by atoms with E-state index in [1.54, 1.807) is 44.3 Å². The Balaban J connectivity index is 1.65. The fourth-order valence-corrected chi connectivity index (χ4v) is 2.82. The van der Waals surface area contributed by atoms with Crippen LogP contribution in [0.25, 0.3) is 0 Å². The highest BCUT2D eigenvalue weighted by Gasteiger charge is 2.30. The van der Waals surface area contributed by atoms with E-state index in [1.807, 2.05) is 0 Å². The second-order valence-electron chi connectivity index (χ2n) is 6.59. The van der Waals surface area contributed by atoms with Crippen LogP contribution in [-0.2, 0) is 16.1 Å². The molecular formula is C20H20FN3O3. The van der Waals surface area contributed by atoms with E-state index in [1.165, 1.54) is 21.9 Å². The number of hydrogen-bond acceptors (Lipinski definition) is 3. The topological polar surface area (TPSA) is 69.7 Å². The molecule has 6 nitrogen and oxygen atoms in total.